The Hall–Kier alpha value is -0.770. The Morgan fingerprint density at radius 1 is 1.41 bits per heavy atom. The van der Waals surface area contributed by atoms with Gasteiger partial charge in [-0.2, -0.15) is 0 Å². The maximum absolute atomic E-state index is 11.6. The number of nitrogens with zero attached hydrogens (tertiary/aromatic N) is 1. The van der Waals surface area contributed by atoms with E-state index < -0.39 is 0 Å². The van der Waals surface area contributed by atoms with Gasteiger partial charge in [0.15, 0.2) is 0 Å². The van der Waals surface area contributed by atoms with Gasteiger partial charge in [0, 0.05) is 12.4 Å². The summed E-state index contributed by atoms with van der Waals surface area (Å²) in [5, 5.41) is 0. The summed E-state index contributed by atoms with van der Waals surface area (Å²) in [5.74, 6) is 0.104. The summed E-state index contributed by atoms with van der Waals surface area (Å²) in [4.78, 5) is 13.6. The molecule has 0 aromatic heterocycles. The van der Waals surface area contributed by atoms with Gasteiger partial charge in [-0.15, -0.1) is 24.0 Å². The number of rotatable bonds is 5. The van der Waals surface area contributed by atoms with Crippen molar-refractivity contribution < 1.29 is 9.53 Å². The summed E-state index contributed by atoms with van der Waals surface area (Å²) >= 11 is 5.69. The molecule has 1 aromatic rings. The van der Waals surface area contributed by atoms with Gasteiger partial charge in [-0.05, 0) is 31.8 Å². The first-order valence-corrected chi connectivity index (χ1v) is 5.63. The lowest BCUT2D eigenvalue weighted by atomic mass is 10.1. The Morgan fingerprint density at radius 2 is 2.12 bits per heavy atom. The van der Waals surface area contributed by atoms with Gasteiger partial charge in [0.25, 0.3) is 0 Å². The zero-order valence-corrected chi connectivity index (χ0v) is 11.6. The van der Waals surface area contributed by atoms with Crippen LogP contribution in [-0.4, -0.2) is 38.1 Å². The second kappa shape index (κ2) is 8.34. The molecule has 17 heavy (non-hydrogen) atoms. The second-order valence-electron chi connectivity index (χ2n) is 3.77. The molecule has 1 rings (SSSR count). The van der Waals surface area contributed by atoms with Gasteiger partial charge in [0.05, 0.1) is 5.56 Å². The lowest BCUT2D eigenvalue weighted by Gasteiger charge is -2.10. The molecule has 0 aliphatic rings. The van der Waals surface area contributed by atoms with Crippen molar-refractivity contribution in [2.24, 2.45) is 0 Å². The Morgan fingerprint density at radius 3 is 2.71 bits per heavy atom. The Kier molecular flexibility index (Phi) is 7.96. The third-order valence-corrected chi connectivity index (χ3v) is 2.40. The first-order valence-electron chi connectivity index (χ1n) is 5.10. The predicted octanol–water partition coefficient (Wildman–Crippen LogP) is 2.57. The van der Waals surface area contributed by atoms with Gasteiger partial charge in [0.2, 0.25) is 0 Å². The molecule has 5 heteroatoms. The molecule has 0 aliphatic heterocycles. The van der Waals surface area contributed by atoms with Crippen LogP contribution in [0.5, 0.6) is 0 Å². The molecule has 0 N–H and O–H groups in total. The number of likely N-dealkylation sites (N-methyl/N-ethyl adjacent to an activating group) is 1. The van der Waals surface area contributed by atoms with E-state index in [1.54, 1.807) is 18.2 Å². The first-order chi connectivity index (χ1) is 7.63. The van der Waals surface area contributed by atoms with Gasteiger partial charge >= 0.3 is 5.97 Å². The van der Waals surface area contributed by atoms with E-state index in [0.29, 0.717) is 18.1 Å². The van der Waals surface area contributed by atoms with Crippen LogP contribution in [0.4, 0.5) is 0 Å². The van der Waals surface area contributed by atoms with E-state index in [1.165, 1.54) is 0 Å². The minimum Gasteiger partial charge on any atom is -0.461 e. The molecule has 3 nitrogen and oxygen atoms in total. The topological polar surface area (TPSA) is 29.5 Å². The number of benzene rings is 1. The fraction of sp³-hybridized carbons (Fsp3) is 0.417. The fourth-order valence-electron chi connectivity index (χ4n) is 1.19. The smallest absolute Gasteiger partial charge is 0.338 e. The molecular weight excluding hydrogens is 261 g/mol. The third-order valence-electron chi connectivity index (χ3n) is 2.09. The molecule has 0 bridgehead atoms. The molecule has 0 spiro atoms. The lowest BCUT2D eigenvalue weighted by Crippen LogP contribution is -2.20. The van der Waals surface area contributed by atoms with Gasteiger partial charge in [0.1, 0.15) is 6.61 Å². The molecule has 0 amide bonds. The number of halogens is 2. The third kappa shape index (κ3) is 5.91. The maximum Gasteiger partial charge on any atom is 0.338 e. The molecule has 0 heterocycles. The van der Waals surface area contributed by atoms with Crippen molar-refractivity contribution in [2.45, 2.75) is 5.88 Å². The van der Waals surface area contributed by atoms with Crippen molar-refractivity contribution in [3.05, 3.63) is 35.4 Å². The van der Waals surface area contributed by atoms with Crippen LogP contribution in [0.3, 0.4) is 0 Å². The van der Waals surface area contributed by atoms with Crippen LogP contribution in [-0.2, 0) is 10.6 Å². The van der Waals surface area contributed by atoms with Crippen molar-refractivity contribution in [1.29, 1.82) is 0 Å². The van der Waals surface area contributed by atoms with E-state index in [0.717, 1.165) is 12.1 Å². The summed E-state index contributed by atoms with van der Waals surface area (Å²) in [5.41, 5.74) is 1.47. The highest BCUT2D eigenvalue weighted by atomic mass is 35.5. The summed E-state index contributed by atoms with van der Waals surface area (Å²) in [7, 11) is 3.86. The SMILES string of the molecule is CN(C)CCOC(=O)c1cccc(CCl)c1.Cl. The number of ether oxygens (including phenoxy) is 1. The molecule has 0 saturated carbocycles. The first kappa shape index (κ1) is 16.2. The van der Waals surface area contributed by atoms with Crippen LogP contribution in [0.25, 0.3) is 0 Å². The zero-order chi connectivity index (χ0) is 12.0. The lowest BCUT2D eigenvalue weighted by molar-refractivity contribution is 0.0482. The van der Waals surface area contributed by atoms with Crippen LogP contribution in [0, 0.1) is 0 Å². The van der Waals surface area contributed by atoms with Crippen molar-refractivity contribution in [3.8, 4) is 0 Å². The molecule has 1 aromatic carbocycles. The number of carbonyl (C=O) groups is 1. The summed E-state index contributed by atoms with van der Waals surface area (Å²) < 4.78 is 5.11. The van der Waals surface area contributed by atoms with Crippen molar-refractivity contribution in [3.63, 3.8) is 0 Å². The molecule has 0 atom stereocenters. The monoisotopic (exact) mass is 277 g/mol. The minimum atomic E-state index is -0.297. The van der Waals surface area contributed by atoms with Gasteiger partial charge in [-0.3, -0.25) is 0 Å². The highest BCUT2D eigenvalue weighted by Gasteiger charge is 2.07. The molecule has 0 fully saturated rings. The van der Waals surface area contributed by atoms with Crippen molar-refractivity contribution in [1.82, 2.24) is 4.90 Å². The molecule has 96 valence electrons. The Bertz CT molecular complexity index is 356. The summed E-state index contributed by atoms with van der Waals surface area (Å²) in [6, 6.07) is 7.17. The van der Waals surface area contributed by atoms with Crippen LogP contribution in [0.15, 0.2) is 24.3 Å². The molecule has 0 radical (unpaired) electrons. The fourth-order valence-corrected chi connectivity index (χ4v) is 1.35. The van der Waals surface area contributed by atoms with Crippen LogP contribution in [0.2, 0.25) is 0 Å². The van der Waals surface area contributed by atoms with E-state index in [2.05, 4.69) is 0 Å². The highest BCUT2D eigenvalue weighted by Crippen LogP contribution is 2.08. The average Bonchev–Trinajstić information content (AvgIpc) is 2.28. The normalized spacial score (nSPS) is 9.88. The second-order valence-corrected chi connectivity index (χ2v) is 4.04. The van der Waals surface area contributed by atoms with E-state index >= 15 is 0 Å². The highest BCUT2D eigenvalue weighted by molar-refractivity contribution is 6.17. The molecular formula is C12H17Cl2NO2. The number of hydrogen-bond acceptors (Lipinski definition) is 3. The summed E-state index contributed by atoms with van der Waals surface area (Å²) in [6.07, 6.45) is 0. The predicted molar refractivity (Wildman–Crippen MR) is 72.1 cm³/mol. The van der Waals surface area contributed by atoms with Gasteiger partial charge in [-0.1, -0.05) is 12.1 Å². The Balaban J connectivity index is 0.00000256. The van der Waals surface area contributed by atoms with E-state index in [4.69, 9.17) is 16.3 Å². The number of alkyl halides is 1. The number of carbonyl (C=O) groups excluding carboxylic acids is 1. The maximum atomic E-state index is 11.6. The number of hydrogen-bond donors (Lipinski definition) is 0. The van der Waals surface area contributed by atoms with Gasteiger partial charge in [-0.25, -0.2) is 4.79 Å². The minimum absolute atomic E-state index is 0. The Labute approximate surface area is 113 Å². The zero-order valence-electron chi connectivity index (χ0n) is 9.98. The number of esters is 1. The van der Waals surface area contributed by atoms with Crippen molar-refractivity contribution in [2.75, 3.05) is 27.2 Å². The summed E-state index contributed by atoms with van der Waals surface area (Å²) in [6.45, 7) is 1.12. The molecule has 0 unspecified atom stereocenters. The average molecular weight is 278 g/mol. The van der Waals surface area contributed by atoms with E-state index in [1.807, 2.05) is 25.1 Å². The molecule has 0 aliphatic carbocycles. The van der Waals surface area contributed by atoms with E-state index in [9.17, 15) is 4.79 Å². The standard InChI is InChI=1S/C12H16ClNO2.ClH/c1-14(2)6-7-16-12(15)11-5-3-4-10(8-11)9-13;/h3-5,8H,6-7,9H2,1-2H3;1H. The quantitative estimate of drug-likeness (QED) is 0.612. The largest absolute Gasteiger partial charge is 0.461 e. The van der Waals surface area contributed by atoms with Crippen molar-refractivity contribution >= 4 is 30.0 Å². The van der Waals surface area contributed by atoms with Gasteiger partial charge < -0.3 is 9.64 Å². The molecule has 0 saturated heterocycles. The van der Waals surface area contributed by atoms with Crippen LogP contribution < -0.4 is 0 Å². The van der Waals surface area contributed by atoms with Crippen LogP contribution in [0.1, 0.15) is 15.9 Å². The van der Waals surface area contributed by atoms with Crippen LogP contribution >= 0.6 is 24.0 Å². The van der Waals surface area contributed by atoms with E-state index in [-0.39, 0.29) is 18.4 Å².